The summed E-state index contributed by atoms with van der Waals surface area (Å²) in [5, 5.41) is 11.4. The molecule has 0 radical (unpaired) electrons. The number of H-pyrrole nitrogens is 1. The van der Waals surface area contributed by atoms with Crippen LogP contribution in [0.2, 0.25) is 0 Å². The number of nitrogens with zero attached hydrogens (tertiary/aromatic N) is 4. The molecule has 0 unspecified atom stereocenters. The highest BCUT2D eigenvalue weighted by Gasteiger charge is 2.13. The van der Waals surface area contributed by atoms with E-state index in [4.69, 9.17) is 5.73 Å². The Bertz CT molecular complexity index is 802. The molecule has 0 saturated heterocycles. The second-order valence-electron chi connectivity index (χ2n) is 3.86. The summed E-state index contributed by atoms with van der Waals surface area (Å²) < 4.78 is 0. The smallest absolute Gasteiger partial charge is 0.292 e. The van der Waals surface area contributed by atoms with E-state index in [1.165, 1.54) is 30.5 Å². The summed E-state index contributed by atoms with van der Waals surface area (Å²) in [6.45, 7) is 0. The molecule has 0 aliphatic carbocycles. The zero-order chi connectivity index (χ0) is 14.1. The summed E-state index contributed by atoms with van der Waals surface area (Å²) in [6, 6.07) is 4.56. The molecule has 0 saturated carbocycles. The monoisotopic (exact) mass is 288 g/mol. The van der Waals surface area contributed by atoms with E-state index < -0.39 is 4.92 Å². The van der Waals surface area contributed by atoms with Gasteiger partial charge in [-0.15, -0.1) is 0 Å². The van der Waals surface area contributed by atoms with E-state index in [0.29, 0.717) is 10.7 Å². The first-order valence-electron chi connectivity index (χ1n) is 5.51. The Kier molecular flexibility index (Phi) is 2.95. The molecule has 2 aromatic heterocycles. The molecular weight excluding hydrogens is 280 g/mol. The van der Waals surface area contributed by atoms with Crippen LogP contribution in [0.1, 0.15) is 0 Å². The van der Waals surface area contributed by atoms with Gasteiger partial charge in [-0.1, -0.05) is 11.8 Å². The summed E-state index contributed by atoms with van der Waals surface area (Å²) in [6.07, 6.45) is 2.95. The number of fused-ring (bicyclic) bond motifs is 1. The minimum Gasteiger partial charge on any atom is -0.393 e. The Morgan fingerprint density at radius 2 is 2.15 bits per heavy atom. The normalized spacial score (nSPS) is 10.8. The topological polar surface area (TPSA) is 124 Å². The van der Waals surface area contributed by atoms with Gasteiger partial charge < -0.3 is 10.7 Å². The van der Waals surface area contributed by atoms with Crippen molar-refractivity contribution >= 4 is 34.3 Å². The average Bonchev–Trinajstić information content (AvgIpc) is 2.87. The third kappa shape index (κ3) is 2.14. The van der Waals surface area contributed by atoms with E-state index in [1.54, 1.807) is 12.1 Å². The van der Waals surface area contributed by atoms with Gasteiger partial charge in [-0.2, -0.15) is 0 Å². The molecule has 20 heavy (non-hydrogen) atoms. The molecule has 2 heterocycles. The van der Waals surface area contributed by atoms with Crippen LogP contribution in [-0.2, 0) is 0 Å². The molecule has 0 aliphatic rings. The number of nitro benzene ring substituents is 1. The Labute approximate surface area is 116 Å². The van der Waals surface area contributed by atoms with E-state index >= 15 is 0 Å². The first-order chi connectivity index (χ1) is 9.65. The van der Waals surface area contributed by atoms with Crippen molar-refractivity contribution in [2.24, 2.45) is 0 Å². The molecule has 8 nitrogen and oxygen atoms in total. The van der Waals surface area contributed by atoms with E-state index in [1.807, 2.05) is 0 Å². The molecule has 3 N–H and O–H groups in total. The van der Waals surface area contributed by atoms with Crippen molar-refractivity contribution in [3.63, 3.8) is 0 Å². The minimum absolute atomic E-state index is 0.108. The first-order valence-corrected chi connectivity index (χ1v) is 6.32. The number of anilines is 1. The van der Waals surface area contributed by atoms with Gasteiger partial charge in [0.05, 0.1) is 11.3 Å². The number of aromatic nitrogens is 4. The minimum atomic E-state index is -0.512. The molecule has 0 amide bonds. The van der Waals surface area contributed by atoms with Crippen LogP contribution >= 0.6 is 11.8 Å². The molecule has 3 aromatic rings. The lowest BCUT2D eigenvalue weighted by Gasteiger charge is -2.03. The molecule has 3 rings (SSSR count). The molecule has 0 fully saturated rings. The van der Waals surface area contributed by atoms with Crippen molar-refractivity contribution in [2.45, 2.75) is 9.92 Å². The van der Waals surface area contributed by atoms with Crippen LogP contribution in [0.5, 0.6) is 0 Å². The van der Waals surface area contributed by atoms with Crippen LogP contribution in [0.4, 0.5) is 11.4 Å². The molecule has 1 aromatic carbocycles. The second-order valence-corrected chi connectivity index (χ2v) is 4.92. The molecular formula is C11H8N6O2S. The SMILES string of the molecule is Nc1cc(Sc2ncnc3nc[nH]c23)ccc1[N+](=O)[O-]. The van der Waals surface area contributed by atoms with Crippen molar-refractivity contribution in [1.82, 2.24) is 19.9 Å². The maximum absolute atomic E-state index is 10.7. The predicted octanol–water partition coefficient (Wildman–Crippen LogP) is 1.99. The molecule has 0 bridgehead atoms. The standard InChI is InChI=1S/C11H8N6O2S/c12-7-3-6(1-2-8(7)17(18)19)20-11-9-10(14-4-13-9)15-5-16-11/h1-5H,12H2,(H,13,14,15,16). The number of nitro groups is 1. The predicted molar refractivity (Wildman–Crippen MR) is 73.3 cm³/mol. The number of nitrogen functional groups attached to an aromatic ring is 1. The van der Waals surface area contributed by atoms with E-state index in [-0.39, 0.29) is 11.4 Å². The number of hydrogen-bond acceptors (Lipinski definition) is 7. The molecule has 9 heteroatoms. The fourth-order valence-corrected chi connectivity index (χ4v) is 2.59. The van der Waals surface area contributed by atoms with E-state index in [9.17, 15) is 10.1 Å². The Balaban J connectivity index is 1.97. The largest absolute Gasteiger partial charge is 0.393 e. The van der Waals surface area contributed by atoms with Crippen LogP contribution in [0.3, 0.4) is 0 Å². The zero-order valence-electron chi connectivity index (χ0n) is 9.98. The maximum atomic E-state index is 10.7. The first kappa shape index (κ1) is 12.4. The molecule has 100 valence electrons. The van der Waals surface area contributed by atoms with Crippen molar-refractivity contribution in [1.29, 1.82) is 0 Å². The quantitative estimate of drug-likeness (QED) is 0.327. The van der Waals surface area contributed by atoms with Gasteiger partial charge in [0.2, 0.25) is 0 Å². The van der Waals surface area contributed by atoms with Gasteiger partial charge in [0, 0.05) is 11.0 Å². The summed E-state index contributed by atoms with van der Waals surface area (Å²) in [4.78, 5) is 26.1. The van der Waals surface area contributed by atoms with Gasteiger partial charge in [-0.25, -0.2) is 15.0 Å². The third-order valence-electron chi connectivity index (χ3n) is 2.60. The van der Waals surface area contributed by atoms with Crippen LogP contribution in [0.15, 0.2) is 40.8 Å². The number of benzene rings is 1. The van der Waals surface area contributed by atoms with Gasteiger partial charge in [-0.3, -0.25) is 10.1 Å². The van der Waals surface area contributed by atoms with Gasteiger partial charge in [-0.05, 0) is 12.1 Å². The highest BCUT2D eigenvalue weighted by molar-refractivity contribution is 7.99. The number of nitrogens with two attached hydrogens (primary N) is 1. The summed E-state index contributed by atoms with van der Waals surface area (Å²) in [5.41, 5.74) is 6.96. The lowest BCUT2D eigenvalue weighted by molar-refractivity contribution is -0.383. The molecule has 0 spiro atoms. The second kappa shape index (κ2) is 4.78. The molecule has 0 atom stereocenters. The Morgan fingerprint density at radius 3 is 2.90 bits per heavy atom. The number of aromatic amines is 1. The van der Waals surface area contributed by atoms with Crippen molar-refractivity contribution in [3.8, 4) is 0 Å². The van der Waals surface area contributed by atoms with Gasteiger partial charge in [0.15, 0.2) is 5.65 Å². The number of rotatable bonds is 3. The van der Waals surface area contributed by atoms with E-state index in [0.717, 1.165) is 10.4 Å². The fraction of sp³-hybridized carbons (Fsp3) is 0. The third-order valence-corrected chi connectivity index (χ3v) is 3.59. The summed E-state index contributed by atoms with van der Waals surface area (Å²) >= 11 is 1.33. The highest BCUT2D eigenvalue weighted by atomic mass is 32.2. The number of hydrogen-bond donors (Lipinski definition) is 2. The van der Waals surface area contributed by atoms with Gasteiger partial charge >= 0.3 is 0 Å². The van der Waals surface area contributed by atoms with E-state index in [2.05, 4.69) is 19.9 Å². The van der Waals surface area contributed by atoms with Crippen LogP contribution < -0.4 is 5.73 Å². The summed E-state index contributed by atoms with van der Waals surface area (Å²) in [5.74, 6) is 0. The van der Waals surface area contributed by atoms with Crippen LogP contribution in [-0.4, -0.2) is 24.9 Å². The van der Waals surface area contributed by atoms with Crippen LogP contribution in [0, 0.1) is 10.1 Å². The summed E-state index contributed by atoms with van der Waals surface area (Å²) in [7, 11) is 0. The lowest BCUT2D eigenvalue weighted by atomic mass is 10.3. The Hall–Kier alpha value is -2.68. The Morgan fingerprint density at radius 1 is 1.30 bits per heavy atom. The number of imidazole rings is 1. The maximum Gasteiger partial charge on any atom is 0.292 e. The van der Waals surface area contributed by atoms with Crippen molar-refractivity contribution < 1.29 is 4.92 Å². The zero-order valence-corrected chi connectivity index (χ0v) is 10.8. The number of nitrogens with one attached hydrogen (secondary N) is 1. The van der Waals surface area contributed by atoms with Gasteiger partial charge in [0.25, 0.3) is 5.69 Å². The fourth-order valence-electron chi connectivity index (χ4n) is 1.69. The molecule has 0 aliphatic heterocycles. The van der Waals surface area contributed by atoms with Crippen LogP contribution in [0.25, 0.3) is 11.2 Å². The van der Waals surface area contributed by atoms with Crippen molar-refractivity contribution in [2.75, 3.05) is 5.73 Å². The van der Waals surface area contributed by atoms with Crippen molar-refractivity contribution in [3.05, 3.63) is 41.0 Å². The highest BCUT2D eigenvalue weighted by Crippen LogP contribution is 2.33. The lowest BCUT2D eigenvalue weighted by Crippen LogP contribution is -1.95. The van der Waals surface area contributed by atoms with Gasteiger partial charge in [0.1, 0.15) is 22.6 Å². The average molecular weight is 288 g/mol.